The molecule has 0 aromatic heterocycles. The topological polar surface area (TPSA) is 36.4 Å². The number of hydrazone groups is 1. The highest BCUT2D eigenvalue weighted by Crippen LogP contribution is 2.00. The molecule has 2 N–H and O–H groups in total. The first-order valence-electron chi connectivity index (χ1n) is 4.97. The van der Waals surface area contributed by atoms with Gasteiger partial charge in [-0.25, -0.2) is 0 Å². The lowest BCUT2D eigenvalue weighted by Gasteiger charge is -2.03. The summed E-state index contributed by atoms with van der Waals surface area (Å²) in [5, 5.41) is 7.43. The number of aryl methyl sites for hydroxylation is 1. The largest absolute Gasteiger partial charge is 0.358 e. The van der Waals surface area contributed by atoms with Gasteiger partial charge in [-0.05, 0) is 24.7 Å². The summed E-state index contributed by atoms with van der Waals surface area (Å²) >= 11 is 4.98. The van der Waals surface area contributed by atoms with E-state index >= 15 is 0 Å². The highest BCUT2D eigenvalue weighted by molar-refractivity contribution is 7.80. The van der Waals surface area contributed by atoms with Crippen LogP contribution in [0.4, 0.5) is 0 Å². The van der Waals surface area contributed by atoms with E-state index in [2.05, 4.69) is 22.4 Å². The molecule has 0 saturated carbocycles. The van der Waals surface area contributed by atoms with Crippen LogP contribution in [0.1, 0.15) is 11.1 Å². The van der Waals surface area contributed by atoms with Crippen LogP contribution in [-0.4, -0.2) is 17.9 Å². The first-order chi connectivity index (χ1) is 7.72. The van der Waals surface area contributed by atoms with Crippen LogP contribution >= 0.6 is 12.2 Å². The van der Waals surface area contributed by atoms with E-state index in [0.717, 1.165) is 5.56 Å². The first kappa shape index (κ1) is 12.4. The molecule has 0 unspecified atom stereocenters. The van der Waals surface area contributed by atoms with Crippen LogP contribution in [-0.2, 0) is 0 Å². The zero-order valence-corrected chi connectivity index (χ0v) is 10.1. The quantitative estimate of drug-likeness (QED) is 0.361. The van der Waals surface area contributed by atoms with Gasteiger partial charge in [-0.15, -0.1) is 6.58 Å². The van der Waals surface area contributed by atoms with E-state index in [4.69, 9.17) is 12.2 Å². The van der Waals surface area contributed by atoms with E-state index in [1.807, 2.05) is 31.2 Å². The zero-order chi connectivity index (χ0) is 11.8. The Hall–Kier alpha value is -1.68. The molecule has 16 heavy (non-hydrogen) atoms. The van der Waals surface area contributed by atoms with Crippen molar-refractivity contribution in [2.75, 3.05) is 6.54 Å². The highest BCUT2D eigenvalue weighted by atomic mass is 32.1. The van der Waals surface area contributed by atoms with Crippen LogP contribution in [0, 0.1) is 6.92 Å². The Morgan fingerprint density at radius 2 is 2.38 bits per heavy atom. The van der Waals surface area contributed by atoms with Gasteiger partial charge >= 0.3 is 0 Å². The summed E-state index contributed by atoms with van der Waals surface area (Å²) in [6.45, 7) is 6.26. The Balaban J connectivity index is 2.42. The van der Waals surface area contributed by atoms with Gasteiger partial charge in [0.05, 0.1) is 6.21 Å². The number of benzene rings is 1. The summed E-state index contributed by atoms with van der Waals surface area (Å²) in [7, 11) is 0. The van der Waals surface area contributed by atoms with Gasteiger partial charge in [0.25, 0.3) is 0 Å². The molecule has 0 amide bonds. The summed E-state index contributed by atoms with van der Waals surface area (Å²) in [6, 6.07) is 8.07. The fourth-order valence-corrected chi connectivity index (χ4v) is 1.26. The van der Waals surface area contributed by atoms with Crippen molar-refractivity contribution in [2.45, 2.75) is 6.92 Å². The molecule has 3 nitrogen and oxygen atoms in total. The molecule has 1 aromatic rings. The van der Waals surface area contributed by atoms with Gasteiger partial charge in [0.1, 0.15) is 0 Å². The maximum Gasteiger partial charge on any atom is 0.187 e. The van der Waals surface area contributed by atoms with Crippen molar-refractivity contribution < 1.29 is 0 Å². The lowest BCUT2D eigenvalue weighted by Crippen LogP contribution is -2.31. The summed E-state index contributed by atoms with van der Waals surface area (Å²) in [5.74, 6) is 0. The number of rotatable bonds is 4. The van der Waals surface area contributed by atoms with Gasteiger partial charge < -0.3 is 5.32 Å². The van der Waals surface area contributed by atoms with Crippen molar-refractivity contribution in [3.8, 4) is 0 Å². The number of hydrogen-bond donors (Lipinski definition) is 2. The number of thiocarbonyl (C=S) groups is 1. The molecule has 0 fully saturated rings. The molecular weight excluding hydrogens is 218 g/mol. The molecule has 0 aliphatic heterocycles. The van der Waals surface area contributed by atoms with E-state index in [1.54, 1.807) is 12.3 Å². The van der Waals surface area contributed by atoms with E-state index in [1.165, 1.54) is 5.56 Å². The molecule has 0 aliphatic rings. The van der Waals surface area contributed by atoms with Gasteiger partial charge in [-0.3, -0.25) is 5.43 Å². The predicted octanol–water partition coefficient (Wildman–Crippen LogP) is 1.98. The van der Waals surface area contributed by atoms with Crippen molar-refractivity contribution in [1.29, 1.82) is 0 Å². The van der Waals surface area contributed by atoms with Crippen molar-refractivity contribution >= 4 is 23.5 Å². The summed E-state index contributed by atoms with van der Waals surface area (Å²) in [6.07, 6.45) is 3.47. The molecule has 84 valence electrons. The van der Waals surface area contributed by atoms with Crippen molar-refractivity contribution in [3.05, 3.63) is 48.0 Å². The number of hydrogen-bond acceptors (Lipinski definition) is 2. The average Bonchev–Trinajstić information content (AvgIpc) is 2.26. The van der Waals surface area contributed by atoms with Crippen molar-refractivity contribution in [3.63, 3.8) is 0 Å². The maximum absolute atomic E-state index is 4.98. The van der Waals surface area contributed by atoms with Gasteiger partial charge in [0, 0.05) is 6.54 Å². The van der Waals surface area contributed by atoms with Crippen LogP contribution in [0.25, 0.3) is 0 Å². The monoisotopic (exact) mass is 233 g/mol. The standard InChI is InChI=1S/C12H15N3S/c1-3-7-13-12(16)15-14-9-11-6-4-5-10(2)8-11/h3-6,8-9H,1,7H2,2H3,(H2,13,15,16)/b14-9-. The van der Waals surface area contributed by atoms with Crippen molar-refractivity contribution in [1.82, 2.24) is 10.7 Å². The van der Waals surface area contributed by atoms with Crippen LogP contribution in [0.15, 0.2) is 42.0 Å². The Morgan fingerprint density at radius 3 is 3.06 bits per heavy atom. The van der Waals surface area contributed by atoms with Gasteiger partial charge in [0.2, 0.25) is 0 Å². The molecule has 0 spiro atoms. The smallest absolute Gasteiger partial charge is 0.187 e. The number of nitrogens with zero attached hydrogens (tertiary/aromatic N) is 1. The summed E-state index contributed by atoms with van der Waals surface area (Å²) in [5.41, 5.74) is 4.97. The molecule has 4 heteroatoms. The molecule has 0 radical (unpaired) electrons. The van der Waals surface area contributed by atoms with Crippen LogP contribution in [0.2, 0.25) is 0 Å². The maximum atomic E-state index is 4.98. The summed E-state index contributed by atoms with van der Waals surface area (Å²) in [4.78, 5) is 0. The normalized spacial score (nSPS) is 10.1. The minimum Gasteiger partial charge on any atom is -0.358 e. The third-order valence-corrected chi connectivity index (χ3v) is 2.06. The second-order valence-electron chi connectivity index (χ2n) is 3.28. The Morgan fingerprint density at radius 1 is 1.56 bits per heavy atom. The average molecular weight is 233 g/mol. The Kier molecular flexibility index (Phi) is 5.22. The Labute approximate surface area is 101 Å². The van der Waals surface area contributed by atoms with Crippen LogP contribution in [0.5, 0.6) is 0 Å². The van der Waals surface area contributed by atoms with Crippen molar-refractivity contribution in [2.24, 2.45) is 5.10 Å². The lowest BCUT2D eigenvalue weighted by atomic mass is 10.2. The molecule has 0 aliphatic carbocycles. The zero-order valence-electron chi connectivity index (χ0n) is 9.23. The summed E-state index contributed by atoms with van der Waals surface area (Å²) < 4.78 is 0. The van der Waals surface area contributed by atoms with Crippen LogP contribution < -0.4 is 10.7 Å². The first-order valence-corrected chi connectivity index (χ1v) is 5.37. The van der Waals surface area contributed by atoms with E-state index in [0.29, 0.717) is 11.7 Å². The molecule has 0 bridgehead atoms. The minimum absolute atomic E-state index is 0.490. The third-order valence-electron chi connectivity index (χ3n) is 1.83. The Bertz CT molecular complexity index is 399. The highest BCUT2D eigenvalue weighted by Gasteiger charge is 1.90. The van der Waals surface area contributed by atoms with E-state index in [-0.39, 0.29) is 0 Å². The minimum atomic E-state index is 0.490. The lowest BCUT2D eigenvalue weighted by molar-refractivity contribution is 0.942. The second-order valence-corrected chi connectivity index (χ2v) is 3.69. The number of nitrogens with one attached hydrogen (secondary N) is 2. The van der Waals surface area contributed by atoms with E-state index in [9.17, 15) is 0 Å². The van der Waals surface area contributed by atoms with E-state index < -0.39 is 0 Å². The van der Waals surface area contributed by atoms with Crippen LogP contribution in [0.3, 0.4) is 0 Å². The molecule has 1 aromatic carbocycles. The molecule has 0 saturated heterocycles. The predicted molar refractivity (Wildman–Crippen MR) is 72.7 cm³/mol. The third kappa shape index (κ3) is 4.70. The second kappa shape index (κ2) is 6.74. The molecule has 0 heterocycles. The van der Waals surface area contributed by atoms with Gasteiger partial charge in [0.15, 0.2) is 5.11 Å². The van der Waals surface area contributed by atoms with Gasteiger partial charge in [-0.1, -0.05) is 35.9 Å². The fourth-order valence-electron chi connectivity index (χ4n) is 1.12. The SMILES string of the molecule is C=CCNC(=S)N/N=C\c1cccc(C)c1. The molecular formula is C12H15N3S. The fraction of sp³-hybridized carbons (Fsp3) is 0.167. The molecule has 0 atom stereocenters. The molecule has 1 rings (SSSR count). The van der Waals surface area contributed by atoms with Gasteiger partial charge in [-0.2, -0.15) is 5.10 Å².